The van der Waals surface area contributed by atoms with Crippen LogP contribution < -0.4 is 10.1 Å². The van der Waals surface area contributed by atoms with Crippen molar-refractivity contribution in [3.8, 4) is 11.5 Å². The molecule has 1 amide bonds. The fraction of sp³-hybridized carbons (Fsp3) is 0.118. The third-order valence-electron chi connectivity index (χ3n) is 3.07. The van der Waals surface area contributed by atoms with Crippen molar-refractivity contribution in [2.24, 2.45) is 0 Å². The van der Waals surface area contributed by atoms with Crippen LogP contribution in [0.2, 0.25) is 0 Å². The van der Waals surface area contributed by atoms with Gasteiger partial charge >= 0.3 is 0 Å². The Morgan fingerprint density at radius 1 is 1.13 bits per heavy atom. The molecule has 0 atom stereocenters. The van der Waals surface area contributed by atoms with E-state index in [2.05, 4.69) is 15.5 Å². The molecule has 0 aliphatic heterocycles. The lowest BCUT2D eigenvalue weighted by molar-refractivity contribution is 0.0944. The van der Waals surface area contributed by atoms with Crippen LogP contribution in [-0.4, -0.2) is 16.0 Å². The van der Waals surface area contributed by atoms with Crippen LogP contribution in [0, 0.1) is 6.92 Å². The van der Waals surface area contributed by atoms with Crippen LogP contribution in [0.4, 0.5) is 0 Å². The lowest BCUT2D eigenvalue weighted by Gasteiger charge is -2.10. The predicted octanol–water partition coefficient (Wildman–Crippen LogP) is 3.10. The maximum absolute atomic E-state index is 12.4. The SMILES string of the molecule is Cc1noc(CNC(=O)c2ccccc2Oc2ccccc2)n1. The summed E-state index contributed by atoms with van der Waals surface area (Å²) < 4.78 is 10.7. The number of benzene rings is 2. The number of para-hydroxylation sites is 2. The van der Waals surface area contributed by atoms with Gasteiger partial charge in [-0.1, -0.05) is 35.5 Å². The maximum Gasteiger partial charge on any atom is 0.255 e. The highest BCUT2D eigenvalue weighted by molar-refractivity contribution is 5.96. The number of aryl methyl sites for hydroxylation is 1. The van der Waals surface area contributed by atoms with Gasteiger partial charge in [-0.25, -0.2) is 0 Å². The van der Waals surface area contributed by atoms with Gasteiger partial charge in [0.25, 0.3) is 5.91 Å². The number of amides is 1. The van der Waals surface area contributed by atoms with Gasteiger partial charge in [0.2, 0.25) is 5.89 Å². The molecular weight excluding hydrogens is 294 g/mol. The first-order valence-corrected chi connectivity index (χ1v) is 7.12. The summed E-state index contributed by atoms with van der Waals surface area (Å²) in [5.74, 6) is 1.77. The van der Waals surface area contributed by atoms with E-state index in [-0.39, 0.29) is 12.5 Å². The number of nitrogens with zero attached hydrogens (tertiary/aromatic N) is 2. The normalized spacial score (nSPS) is 10.3. The summed E-state index contributed by atoms with van der Waals surface area (Å²) in [6.45, 7) is 1.89. The largest absolute Gasteiger partial charge is 0.457 e. The van der Waals surface area contributed by atoms with E-state index in [0.717, 1.165) is 0 Å². The molecule has 2 aromatic carbocycles. The first-order valence-electron chi connectivity index (χ1n) is 7.12. The maximum atomic E-state index is 12.4. The van der Waals surface area contributed by atoms with Gasteiger partial charge in [-0.15, -0.1) is 0 Å². The Labute approximate surface area is 133 Å². The molecule has 0 spiro atoms. The summed E-state index contributed by atoms with van der Waals surface area (Å²) in [6.07, 6.45) is 0. The van der Waals surface area contributed by atoms with E-state index in [4.69, 9.17) is 9.26 Å². The second kappa shape index (κ2) is 6.74. The molecule has 0 unspecified atom stereocenters. The highest BCUT2D eigenvalue weighted by Gasteiger charge is 2.13. The Balaban J connectivity index is 1.72. The van der Waals surface area contributed by atoms with Crippen molar-refractivity contribution in [1.82, 2.24) is 15.5 Å². The van der Waals surface area contributed by atoms with Gasteiger partial charge in [-0.05, 0) is 31.2 Å². The number of carbonyl (C=O) groups excluding carboxylic acids is 1. The van der Waals surface area contributed by atoms with Crippen LogP contribution in [0.5, 0.6) is 11.5 Å². The van der Waals surface area contributed by atoms with Gasteiger partial charge in [-0.3, -0.25) is 4.79 Å². The number of hydrogen-bond acceptors (Lipinski definition) is 5. The van der Waals surface area contributed by atoms with Gasteiger partial charge in [0.05, 0.1) is 12.1 Å². The average Bonchev–Trinajstić information content (AvgIpc) is 3.00. The summed E-state index contributed by atoms with van der Waals surface area (Å²) in [6, 6.07) is 16.3. The zero-order valence-electron chi connectivity index (χ0n) is 12.5. The quantitative estimate of drug-likeness (QED) is 0.783. The molecule has 23 heavy (non-hydrogen) atoms. The minimum absolute atomic E-state index is 0.166. The van der Waals surface area contributed by atoms with E-state index in [1.807, 2.05) is 36.4 Å². The standard InChI is InChI=1S/C17H15N3O3/c1-12-19-16(23-20-12)11-18-17(21)14-9-5-6-10-15(14)22-13-7-3-2-4-8-13/h2-10H,11H2,1H3,(H,18,21). The first kappa shape index (κ1) is 14.8. The van der Waals surface area contributed by atoms with Gasteiger partial charge in [0, 0.05) is 0 Å². The first-order chi connectivity index (χ1) is 11.2. The van der Waals surface area contributed by atoms with Crippen LogP contribution >= 0.6 is 0 Å². The minimum Gasteiger partial charge on any atom is -0.457 e. The number of nitrogens with one attached hydrogen (secondary N) is 1. The van der Waals surface area contributed by atoms with Crippen LogP contribution in [0.25, 0.3) is 0 Å². The van der Waals surface area contributed by atoms with Gasteiger partial charge in [0.1, 0.15) is 11.5 Å². The zero-order chi connectivity index (χ0) is 16.1. The molecular formula is C17H15N3O3. The third-order valence-corrected chi connectivity index (χ3v) is 3.07. The topological polar surface area (TPSA) is 77.2 Å². The second-order valence-corrected chi connectivity index (χ2v) is 4.83. The molecule has 1 aromatic heterocycles. The average molecular weight is 309 g/mol. The number of rotatable bonds is 5. The van der Waals surface area contributed by atoms with Gasteiger partial charge in [0.15, 0.2) is 5.82 Å². The Morgan fingerprint density at radius 2 is 1.87 bits per heavy atom. The summed E-state index contributed by atoms with van der Waals surface area (Å²) in [5.41, 5.74) is 0.438. The molecule has 1 N–H and O–H groups in total. The van der Waals surface area contributed by atoms with Crippen molar-refractivity contribution in [3.05, 3.63) is 71.9 Å². The molecule has 0 saturated carbocycles. The van der Waals surface area contributed by atoms with E-state index in [9.17, 15) is 4.79 Å². The molecule has 0 aliphatic carbocycles. The fourth-order valence-corrected chi connectivity index (χ4v) is 2.02. The van der Waals surface area contributed by atoms with E-state index < -0.39 is 0 Å². The fourth-order valence-electron chi connectivity index (χ4n) is 2.02. The van der Waals surface area contributed by atoms with Crippen LogP contribution in [-0.2, 0) is 6.54 Å². The van der Waals surface area contributed by atoms with Crippen LogP contribution in [0.3, 0.4) is 0 Å². The van der Waals surface area contributed by atoms with Gasteiger partial charge in [-0.2, -0.15) is 4.98 Å². The molecule has 3 aromatic rings. The summed E-state index contributed by atoms with van der Waals surface area (Å²) in [7, 11) is 0. The van der Waals surface area contributed by atoms with Crippen molar-refractivity contribution < 1.29 is 14.1 Å². The Bertz CT molecular complexity index is 800. The van der Waals surface area contributed by atoms with E-state index in [1.165, 1.54) is 0 Å². The monoisotopic (exact) mass is 309 g/mol. The second-order valence-electron chi connectivity index (χ2n) is 4.83. The molecule has 0 saturated heterocycles. The van der Waals surface area contributed by atoms with Crippen LogP contribution in [0.15, 0.2) is 59.1 Å². The summed E-state index contributed by atoms with van der Waals surface area (Å²) in [4.78, 5) is 16.4. The molecule has 0 aliphatic rings. The molecule has 6 nitrogen and oxygen atoms in total. The van der Waals surface area contributed by atoms with Crippen LogP contribution in [0.1, 0.15) is 22.1 Å². The number of aromatic nitrogens is 2. The zero-order valence-corrected chi connectivity index (χ0v) is 12.5. The summed E-state index contributed by atoms with van der Waals surface area (Å²) in [5, 5.41) is 6.42. The third kappa shape index (κ3) is 3.74. The van der Waals surface area contributed by atoms with E-state index >= 15 is 0 Å². The number of hydrogen-bond donors (Lipinski definition) is 1. The Hall–Kier alpha value is -3.15. The lowest BCUT2D eigenvalue weighted by Crippen LogP contribution is -2.23. The molecule has 0 bridgehead atoms. The molecule has 1 heterocycles. The van der Waals surface area contributed by atoms with E-state index in [0.29, 0.717) is 28.8 Å². The number of carbonyl (C=O) groups is 1. The molecule has 0 fully saturated rings. The highest BCUT2D eigenvalue weighted by atomic mass is 16.5. The Morgan fingerprint density at radius 3 is 2.61 bits per heavy atom. The summed E-state index contributed by atoms with van der Waals surface area (Å²) >= 11 is 0. The van der Waals surface area contributed by atoms with Crippen molar-refractivity contribution in [3.63, 3.8) is 0 Å². The van der Waals surface area contributed by atoms with Crippen molar-refractivity contribution >= 4 is 5.91 Å². The molecule has 0 radical (unpaired) electrons. The molecule has 116 valence electrons. The highest BCUT2D eigenvalue weighted by Crippen LogP contribution is 2.24. The molecule has 6 heteroatoms. The smallest absolute Gasteiger partial charge is 0.255 e. The Kier molecular flexibility index (Phi) is 4.33. The van der Waals surface area contributed by atoms with E-state index in [1.54, 1.807) is 25.1 Å². The van der Waals surface area contributed by atoms with Crippen molar-refractivity contribution in [2.75, 3.05) is 0 Å². The number of ether oxygens (including phenoxy) is 1. The minimum atomic E-state index is -0.271. The van der Waals surface area contributed by atoms with Crippen molar-refractivity contribution in [1.29, 1.82) is 0 Å². The van der Waals surface area contributed by atoms with Crippen molar-refractivity contribution in [2.45, 2.75) is 13.5 Å². The van der Waals surface area contributed by atoms with Gasteiger partial charge < -0.3 is 14.6 Å². The predicted molar refractivity (Wildman–Crippen MR) is 83.2 cm³/mol. The lowest BCUT2D eigenvalue weighted by atomic mass is 10.2. The molecule has 3 rings (SSSR count).